The fourth-order valence-electron chi connectivity index (χ4n) is 2.76. The Labute approximate surface area is 166 Å². The Kier molecular flexibility index (Phi) is 5.25. The second-order valence-corrected chi connectivity index (χ2v) is 6.99. The highest BCUT2D eigenvalue weighted by Crippen LogP contribution is 2.24. The minimum Gasteiger partial charge on any atom is -0.495 e. The molecule has 2 aromatic carbocycles. The molecule has 0 atom stereocenters. The third kappa shape index (κ3) is 3.84. The number of benzene rings is 2. The van der Waals surface area contributed by atoms with Gasteiger partial charge in [0, 0.05) is 17.5 Å². The molecule has 7 heteroatoms. The molecule has 1 N–H and O–H groups in total. The van der Waals surface area contributed by atoms with Gasteiger partial charge in [-0.2, -0.15) is 0 Å². The Morgan fingerprint density at radius 2 is 1.82 bits per heavy atom. The SMILES string of the molecule is COc1ccccc1NC(=O)c1ccc(CSc2nnc3ccccn23)cc1. The standard InChI is InChI=1S/C21H18N4O2S/c1-27-18-7-3-2-6-17(18)22-20(26)16-11-9-15(10-12-16)14-28-21-24-23-19-8-4-5-13-25(19)21/h2-13H,14H2,1H3,(H,22,26). The summed E-state index contributed by atoms with van der Waals surface area (Å²) in [4.78, 5) is 12.5. The zero-order valence-corrected chi connectivity index (χ0v) is 16.0. The fraction of sp³-hybridized carbons (Fsp3) is 0.0952. The third-order valence-corrected chi connectivity index (χ3v) is 5.24. The van der Waals surface area contributed by atoms with Crippen molar-refractivity contribution in [3.63, 3.8) is 0 Å². The molecule has 28 heavy (non-hydrogen) atoms. The predicted octanol–water partition coefficient (Wildman–Crippen LogP) is 4.28. The monoisotopic (exact) mass is 390 g/mol. The van der Waals surface area contributed by atoms with Crippen molar-refractivity contribution in [3.05, 3.63) is 84.1 Å². The quantitative estimate of drug-likeness (QED) is 0.498. The minimum absolute atomic E-state index is 0.174. The van der Waals surface area contributed by atoms with Gasteiger partial charge in [0.25, 0.3) is 5.91 Å². The summed E-state index contributed by atoms with van der Waals surface area (Å²) in [5.74, 6) is 1.20. The zero-order valence-electron chi connectivity index (χ0n) is 15.2. The Bertz CT molecular complexity index is 1110. The largest absolute Gasteiger partial charge is 0.495 e. The number of para-hydroxylation sites is 2. The number of carbonyl (C=O) groups is 1. The lowest BCUT2D eigenvalue weighted by atomic mass is 10.1. The van der Waals surface area contributed by atoms with Gasteiger partial charge in [-0.25, -0.2) is 0 Å². The maximum Gasteiger partial charge on any atom is 0.255 e. The highest BCUT2D eigenvalue weighted by molar-refractivity contribution is 7.98. The maximum atomic E-state index is 12.5. The van der Waals surface area contributed by atoms with Crippen molar-refractivity contribution in [2.24, 2.45) is 0 Å². The van der Waals surface area contributed by atoms with Crippen molar-refractivity contribution in [2.75, 3.05) is 12.4 Å². The van der Waals surface area contributed by atoms with Crippen LogP contribution in [0.4, 0.5) is 5.69 Å². The van der Waals surface area contributed by atoms with E-state index >= 15 is 0 Å². The van der Waals surface area contributed by atoms with Gasteiger partial charge >= 0.3 is 0 Å². The van der Waals surface area contributed by atoms with Crippen molar-refractivity contribution >= 4 is 29.0 Å². The first kappa shape index (κ1) is 18.1. The van der Waals surface area contributed by atoms with E-state index < -0.39 is 0 Å². The molecule has 4 aromatic rings. The Morgan fingerprint density at radius 3 is 2.64 bits per heavy atom. The second kappa shape index (κ2) is 8.14. The van der Waals surface area contributed by atoms with E-state index in [1.165, 1.54) is 0 Å². The van der Waals surface area contributed by atoms with E-state index in [1.54, 1.807) is 18.9 Å². The molecule has 0 aliphatic heterocycles. The molecular weight excluding hydrogens is 372 g/mol. The third-order valence-electron chi connectivity index (χ3n) is 4.22. The van der Waals surface area contributed by atoms with E-state index in [0.29, 0.717) is 17.0 Å². The van der Waals surface area contributed by atoms with E-state index in [1.807, 2.05) is 77.3 Å². The molecule has 0 unspecified atom stereocenters. The highest BCUT2D eigenvalue weighted by atomic mass is 32.2. The summed E-state index contributed by atoms with van der Waals surface area (Å²) in [6.45, 7) is 0. The van der Waals surface area contributed by atoms with Crippen molar-refractivity contribution in [3.8, 4) is 5.75 Å². The average Bonchev–Trinajstić information content (AvgIpc) is 3.16. The number of thioether (sulfide) groups is 1. The van der Waals surface area contributed by atoms with Crippen LogP contribution in [0.25, 0.3) is 5.65 Å². The number of nitrogens with zero attached hydrogens (tertiary/aromatic N) is 3. The first-order valence-electron chi connectivity index (χ1n) is 8.70. The molecule has 0 saturated carbocycles. The van der Waals surface area contributed by atoms with Gasteiger partial charge in [-0.3, -0.25) is 9.20 Å². The van der Waals surface area contributed by atoms with Crippen LogP contribution in [0.1, 0.15) is 15.9 Å². The Hall–Kier alpha value is -3.32. The first-order valence-corrected chi connectivity index (χ1v) is 9.69. The molecule has 6 nitrogen and oxygen atoms in total. The van der Waals surface area contributed by atoms with Gasteiger partial charge in [-0.05, 0) is 42.0 Å². The first-order chi connectivity index (χ1) is 13.7. The topological polar surface area (TPSA) is 68.5 Å². The van der Waals surface area contributed by atoms with E-state index in [-0.39, 0.29) is 5.91 Å². The van der Waals surface area contributed by atoms with E-state index in [4.69, 9.17) is 4.74 Å². The summed E-state index contributed by atoms with van der Waals surface area (Å²) < 4.78 is 7.23. The van der Waals surface area contributed by atoms with Crippen molar-refractivity contribution in [1.29, 1.82) is 0 Å². The summed E-state index contributed by atoms with van der Waals surface area (Å²) in [5, 5.41) is 12.1. The summed E-state index contributed by atoms with van der Waals surface area (Å²) in [5.41, 5.74) is 3.17. The van der Waals surface area contributed by atoms with Crippen LogP contribution in [-0.4, -0.2) is 27.6 Å². The number of rotatable bonds is 6. The lowest BCUT2D eigenvalue weighted by molar-refractivity contribution is 0.102. The van der Waals surface area contributed by atoms with Gasteiger partial charge in [0.1, 0.15) is 5.75 Å². The summed E-state index contributed by atoms with van der Waals surface area (Å²) >= 11 is 1.60. The van der Waals surface area contributed by atoms with Gasteiger partial charge in [0.15, 0.2) is 10.8 Å². The molecule has 2 heterocycles. The van der Waals surface area contributed by atoms with Crippen LogP contribution in [0.5, 0.6) is 5.75 Å². The van der Waals surface area contributed by atoms with Crippen LogP contribution >= 0.6 is 11.8 Å². The number of carbonyl (C=O) groups excluding carboxylic acids is 1. The van der Waals surface area contributed by atoms with Gasteiger partial charge < -0.3 is 10.1 Å². The molecule has 140 valence electrons. The smallest absolute Gasteiger partial charge is 0.255 e. The number of amides is 1. The highest BCUT2D eigenvalue weighted by Gasteiger charge is 2.10. The second-order valence-electron chi connectivity index (χ2n) is 6.05. The molecule has 1 amide bonds. The molecular formula is C21H18N4O2S. The summed E-state index contributed by atoms with van der Waals surface area (Å²) in [6, 6.07) is 20.7. The molecule has 4 rings (SSSR count). The minimum atomic E-state index is -0.174. The van der Waals surface area contributed by atoms with E-state index in [0.717, 1.165) is 22.1 Å². The summed E-state index contributed by atoms with van der Waals surface area (Å²) in [6.07, 6.45) is 1.95. The number of hydrogen-bond acceptors (Lipinski definition) is 5. The van der Waals surface area contributed by atoms with Crippen molar-refractivity contribution in [1.82, 2.24) is 14.6 Å². The number of ether oxygens (including phenoxy) is 1. The molecule has 0 fully saturated rings. The number of hydrogen-bond donors (Lipinski definition) is 1. The van der Waals surface area contributed by atoms with Crippen LogP contribution in [-0.2, 0) is 5.75 Å². The van der Waals surface area contributed by atoms with Crippen LogP contribution in [0.15, 0.2) is 78.1 Å². The van der Waals surface area contributed by atoms with Crippen LogP contribution in [0.3, 0.4) is 0 Å². The number of fused-ring (bicyclic) bond motifs is 1. The number of aromatic nitrogens is 3. The molecule has 2 aromatic heterocycles. The number of methoxy groups -OCH3 is 1. The number of anilines is 1. The van der Waals surface area contributed by atoms with Gasteiger partial charge in [-0.15, -0.1) is 10.2 Å². The number of nitrogens with one attached hydrogen (secondary N) is 1. The van der Waals surface area contributed by atoms with Gasteiger partial charge in [0.05, 0.1) is 12.8 Å². The normalized spacial score (nSPS) is 10.8. The zero-order chi connectivity index (χ0) is 19.3. The molecule has 0 radical (unpaired) electrons. The molecule has 0 aliphatic carbocycles. The lowest BCUT2D eigenvalue weighted by Gasteiger charge is -2.10. The summed E-state index contributed by atoms with van der Waals surface area (Å²) in [7, 11) is 1.58. The fourth-order valence-corrected chi connectivity index (χ4v) is 3.64. The van der Waals surface area contributed by atoms with Gasteiger partial charge in [0.2, 0.25) is 0 Å². The Morgan fingerprint density at radius 1 is 1.04 bits per heavy atom. The number of pyridine rings is 1. The maximum absolute atomic E-state index is 12.5. The van der Waals surface area contributed by atoms with Crippen molar-refractivity contribution in [2.45, 2.75) is 10.9 Å². The lowest BCUT2D eigenvalue weighted by Crippen LogP contribution is -2.12. The molecule has 0 saturated heterocycles. The molecule has 0 aliphatic rings. The van der Waals surface area contributed by atoms with Crippen LogP contribution in [0, 0.1) is 0 Å². The van der Waals surface area contributed by atoms with E-state index in [9.17, 15) is 4.79 Å². The van der Waals surface area contributed by atoms with E-state index in [2.05, 4.69) is 15.5 Å². The predicted molar refractivity (Wildman–Crippen MR) is 110 cm³/mol. The van der Waals surface area contributed by atoms with Gasteiger partial charge in [-0.1, -0.05) is 42.1 Å². The Balaban J connectivity index is 1.41. The average molecular weight is 390 g/mol. The molecule has 0 bridgehead atoms. The van der Waals surface area contributed by atoms with Crippen molar-refractivity contribution < 1.29 is 9.53 Å². The molecule has 0 spiro atoms. The van der Waals surface area contributed by atoms with Crippen LogP contribution < -0.4 is 10.1 Å². The van der Waals surface area contributed by atoms with Crippen LogP contribution in [0.2, 0.25) is 0 Å².